The quantitative estimate of drug-likeness (QED) is 0.630. The van der Waals surface area contributed by atoms with E-state index in [1.165, 1.54) is 11.8 Å². The highest BCUT2D eigenvalue weighted by Crippen LogP contribution is 2.35. The molecule has 1 fully saturated rings. The van der Waals surface area contributed by atoms with Crippen LogP contribution in [0.1, 0.15) is 37.3 Å². The lowest BCUT2D eigenvalue weighted by atomic mass is 9.80. The molecule has 1 aliphatic carbocycles. The third kappa shape index (κ3) is 4.65. The maximum absolute atomic E-state index is 12.9. The van der Waals surface area contributed by atoms with E-state index in [1.54, 1.807) is 0 Å². The van der Waals surface area contributed by atoms with E-state index >= 15 is 0 Å². The summed E-state index contributed by atoms with van der Waals surface area (Å²) in [7, 11) is 0. The molecule has 3 atom stereocenters. The third-order valence-electron chi connectivity index (χ3n) is 5.66. The van der Waals surface area contributed by atoms with Crippen LogP contribution in [0.2, 0.25) is 5.02 Å². The van der Waals surface area contributed by atoms with Gasteiger partial charge in [0.2, 0.25) is 11.5 Å². The van der Waals surface area contributed by atoms with Crippen LogP contribution in [0, 0.1) is 5.92 Å². The first-order chi connectivity index (χ1) is 14.1. The van der Waals surface area contributed by atoms with Gasteiger partial charge in [0, 0.05) is 11.4 Å². The predicted octanol–water partition coefficient (Wildman–Crippen LogP) is 5.48. The fraction of sp³-hybridized carbons (Fsp3) is 0.375. The molecular formula is C24H25ClO4. The minimum atomic E-state index is -0.176. The van der Waals surface area contributed by atoms with Gasteiger partial charge in [-0.2, -0.15) is 0 Å². The van der Waals surface area contributed by atoms with Crippen molar-refractivity contribution in [3.63, 3.8) is 0 Å². The summed E-state index contributed by atoms with van der Waals surface area (Å²) < 4.78 is 17.7. The second-order valence-corrected chi connectivity index (χ2v) is 7.97. The van der Waals surface area contributed by atoms with E-state index in [2.05, 4.69) is 6.92 Å². The van der Waals surface area contributed by atoms with Crippen LogP contribution >= 0.6 is 11.6 Å². The second-order valence-electron chi connectivity index (χ2n) is 7.56. The number of ether oxygens (including phenoxy) is 3. The first-order valence-corrected chi connectivity index (χ1v) is 10.5. The molecule has 1 saturated carbocycles. The Hall–Kier alpha value is -2.30. The van der Waals surface area contributed by atoms with Crippen molar-refractivity contribution >= 4 is 17.4 Å². The summed E-state index contributed by atoms with van der Waals surface area (Å²) in [6.07, 6.45) is 4.56. The molecule has 2 aromatic carbocycles. The van der Waals surface area contributed by atoms with Crippen LogP contribution < -0.4 is 4.74 Å². The molecule has 152 valence electrons. The molecular weight excluding hydrogens is 388 g/mol. The Kier molecular flexibility index (Phi) is 6.22. The number of rotatable bonds is 6. The Labute approximate surface area is 176 Å². The van der Waals surface area contributed by atoms with Crippen LogP contribution in [0.5, 0.6) is 5.75 Å². The molecule has 4 rings (SSSR count). The predicted molar refractivity (Wildman–Crippen MR) is 112 cm³/mol. The highest BCUT2D eigenvalue weighted by Gasteiger charge is 2.41. The smallest absolute Gasteiger partial charge is 0.207 e. The summed E-state index contributed by atoms with van der Waals surface area (Å²) in [5.41, 5.74) is 2.20. The van der Waals surface area contributed by atoms with E-state index in [0.717, 1.165) is 24.8 Å². The Morgan fingerprint density at radius 1 is 1.10 bits per heavy atom. The number of benzene rings is 2. The average molecular weight is 413 g/mol. The fourth-order valence-corrected chi connectivity index (χ4v) is 4.09. The van der Waals surface area contributed by atoms with Crippen LogP contribution in [0.15, 0.2) is 60.6 Å². The zero-order valence-electron chi connectivity index (χ0n) is 16.5. The molecule has 0 radical (unpaired) electrons. The van der Waals surface area contributed by atoms with Gasteiger partial charge in [0.1, 0.15) is 18.1 Å². The lowest BCUT2D eigenvalue weighted by Crippen LogP contribution is -2.42. The molecule has 4 nitrogen and oxygen atoms in total. The van der Waals surface area contributed by atoms with E-state index in [4.69, 9.17) is 25.8 Å². The normalized spacial score (nSPS) is 23.7. The van der Waals surface area contributed by atoms with Gasteiger partial charge in [-0.1, -0.05) is 48.9 Å². The molecule has 0 spiro atoms. The van der Waals surface area contributed by atoms with Gasteiger partial charge in [-0.3, -0.25) is 4.79 Å². The summed E-state index contributed by atoms with van der Waals surface area (Å²) in [5, 5.41) is 0.710. The molecule has 1 aliphatic heterocycles. The van der Waals surface area contributed by atoms with Crippen molar-refractivity contribution in [1.82, 2.24) is 0 Å². The second kappa shape index (κ2) is 9.02. The topological polar surface area (TPSA) is 44.8 Å². The minimum Gasteiger partial charge on any atom is -0.493 e. The number of ketones is 1. The Morgan fingerprint density at radius 2 is 1.90 bits per heavy atom. The average Bonchev–Trinajstić information content (AvgIpc) is 2.75. The number of hydrogen-bond donors (Lipinski definition) is 0. The van der Waals surface area contributed by atoms with Gasteiger partial charge in [0.05, 0.1) is 18.6 Å². The van der Waals surface area contributed by atoms with Crippen molar-refractivity contribution in [2.75, 3.05) is 0 Å². The zero-order chi connectivity index (χ0) is 20.2. The summed E-state index contributed by atoms with van der Waals surface area (Å²) in [5.74, 6) is 0.780. The van der Waals surface area contributed by atoms with E-state index in [0.29, 0.717) is 23.8 Å². The molecule has 29 heavy (non-hydrogen) atoms. The number of aryl methyl sites for hydroxylation is 1. The lowest BCUT2D eigenvalue weighted by molar-refractivity contribution is -0.134. The van der Waals surface area contributed by atoms with Crippen LogP contribution in [-0.4, -0.2) is 18.0 Å². The van der Waals surface area contributed by atoms with Gasteiger partial charge in [-0.25, -0.2) is 0 Å². The number of carbonyl (C=O) groups is 1. The molecule has 0 saturated heterocycles. The van der Waals surface area contributed by atoms with Gasteiger partial charge < -0.3 is 14.2 Å². The van der Waals surface area contributed by atoms with Crippen molar-refractivity contribution in [3.8, 4) is 5.75 Å². The summed E-state index contributed by atoms with van der Waals surface area (Å²) in [6.45, 7) is 2.57. The van der Waals surface area contributed by atoms with Crippen molar-refractivity contribution in [2.24, 2.45) is 5.92 Å². The minimum absolute atomic E-state index is 0.0189. The van der Waals surface area contributed by atoms with Crippen LogP contribution in [0.4, 0.5) is 0 Å². The molecule has 2 aromatic rings. The van der Waals surface area contributed by atoms with Crippen LogP contribution in [0.3, 0.4) is 0 Å². The maximum Gasteiger partial charge on any atom is 0.207 e. The highest BCUT2D eigenvalue weighted by molar-refractivity contribution is 6.31. The van der Waals surface area contributed by atoms with Crippen molar-refractivity contribution in [2.45, 2.75) is 51.4 Å². The van der Waals surface area contributed by atoms with Gasteiger partial charge in [-0.15, -0.1) is 0 Å². The number of fused-ring (bicyclic) bond motifs is 1. The Bertz CT molecular complexity index is 890. The highest BCUT2D eigenvalue weighted by atomic mass is 35.5. The standard InChI is InChI=1S/C24H25ClO4/c1-2-16-7-9-18(10-8-16)29-23-15-28-22-13-19(11-12-20(22)24(23)26)27-14-17-5-3-4-6-21(17)25/h3-10,15,19-20,22H,2,11-14H2,1H3. The van der Waals surface area contributed by atoms with E-state index in [9.17, 15) is 4.79 Å². The number of Topliss-reactive ketones (excluding diaryl/α,β-unsaturated/α-hetero) is 1. The first-order valence-electron chi connectivity index (χ1n) is 10.2. The number of allylic oxidation sites excluding steroid dienone is 1. The Balaban J connectivity index is 1.35. The number of carbonyl (C=O) groups excluding carboxylic acids is 1. The van der Waals surface area contributed by atoms with Gasteiger partial charge in [0.25, 0.3) is 0 Å². The van der Waals surface area contributed by atoms with Crippen LogP contribution in [-0.2, 0) is 27.3 Å². The van der Waals surface area contributed by atoms with E-state index in [1.807, 2.05) is 48.5 Å². The fourth-order valence-electron chi connectivity index (χ4n) is 3.90. The molecule has 2 aliphatic rings. The monoisotopic (exact) mass is 412 g/mol. The van der Waals surface area contributed by atoms with E-state index in [-0.39, 0.29) is 29.7 Å². The molecule has 1 heterocycles. The zero-order valence-corrected chi connectivity index (χ0v) is 17.2. The van der Waals surface area contributed by atoms with Crippen molar-refractivity contribution in [3.05, 3.63) is 76.7 Å². The lowest BCUT2D eigenvalue weighted by Gasteiger charge is -2.37. The molecule has 0 N–H and O–H groups in total. The largest absolute Gasteiger partial charge is 0.493 e. The van der Waals surface area contributed by atoms with Gasteiger partial charge in [-0.05, 0) is 48.6 Å². The van der Waals surface area contributed by atoms with E-state index < -0.39 is 0 Å². The molecule has 3 unspecified atom stereocenters. The first kappa shape index (κ1) is 20.0. The van der Waals surface area contributed by atoms with Crippen molar-refractivity contribution < 1.29 is 19.0 Å². The van der Waals surface area contributed by atoms with Gasteiger partial charge in [0.15, 0.2) is 0 Å². The van der Waals surface area contributed by atoms with Crippen molar-refractivity contribution in [1.29, 1.82) is 0 Å². The third-order valence-corrected chi connectivity index (χ3v) is 6.03. The molecule has 5 heteroatoms. The summed E-state index contributed by atoms with van der Waals surface area (Å²) >= 11 is 6.20. The summed E-state index contributed by atoms with van der Waals surface area (Å²) in [6, 6.07) is 15.5. The number of halogens is 1. The summed E-state index contributed by atoms with van der Waals surface area (Å²) in [4.78, 5) is 12.9. The molecule has 0 bridgehead atoms. The SMILES string of the molecule is CCc1ccc(OC2=COC3CC(OCc4ccccc4Cl)CCC3C2=O)cc1. The maximum atomic E-state index is 12.9. The number of hydrogen-bond acceptors (Lipinski definition) is 4. The molecule has 0 aromatic heterocycles. The van der Waals surface area contributed by atoms with Crippen LogP contribution in [0.25, 0.3) is 0 Å². The van der Waals surface area contributed by atoms with Gasteiger partial charge >= 0.3 is 0 Å². The Morgan fingerprint density at radius 3 is 2.66 bits per heavy atom. The molecule has 0 amide bonds.